The van der Waals surface area contributed by atoms with E-state index in [1.165, 1.54) is 0 Å². The highest BCUT2D eigenvalue weighted by Gasteiger charge is 2.21. The normalized spacial score (nSPS) is 24.3. The Labute approximate surface area is 106 Å². The number of rotatable bonds is 2. The molecule has 5 nitrogen and oxygen atoms in total. The molecule has 5 heteroatoms. The quantitative estimate of drug-likeness (QED) is 0.875. The van der Waals surface area contributed by atoms with Crippen LogP contribution in [0.4, 0.5) is 0 Å². The predicted molar refractivity (Wildman–Crippen MR) is 68.6 cm³/mol. The number of hydrogen-bond donors (Lipinski definition) is 1. The predicted octanol–water partition coefficient (Wildman–Crippen LogP) is 1.69. The molecule has 1 saturated carbocycles. The van der Waals surface area contributed by atoms with E-state index in [1.54, 1.807) is 10.8 Å². The second-order valence-electron chi connectivity index (χ2n) is 5.06. The van der Waals surface area contributed by atoms with Crippen LogP contribution in [0.25, 0.3) is 5.65 Å². The lowest BCUT2D eigenvalue weighted by molar-refractivity contribution is 0.138. The van der Waals surface area contributed by atoms with Crippen LogP contribution >= 0.6 is 0 Å². The smallest absolute Gasteiger partial charge is 0.216 e. The van der Waals surface area contributed by atoms with Crippen molar-refractivity contribution in [3.63, 3.8) is 0 Å². The Bertz CT molecular complexity index is 543. The Morgan fingerprint density at radius 1 is 1.28 bits per heavy atom. The number of aromatic nitrogens is 3. The third-order valence-electron chi connectivity index (χ3n) is 3.50. The van der Waals surface area contributed by atoms with Gasteiger partial charge in [-0.05, 0) is 44.2 Å². The maximum absolute atomic E-state index is 6.06. The van der Waals surface area contributed by atoms with Crippen molar-refractivity contribution in [2.45, 2.75) is 44.8 Å². The number of pyridine rings is 1. The standard InChI is InChI=1S/C13H18N4O/c1-9-6-12-15-8-16-17(12)13(7-9)18-11-4-2-10(14)3-5-11/h6-8,10-11H,2-5,14H2,1H3. The second-order valence-corrected chi connectivity index (χ2v) is 5.06. The van der Waals surface area contributed by atoms with Crippen LogP contribution in [0, 0.1) is 6.92 Å². The van der Waals surface area contributed by atoms with Crippen molar-refractivity contribution in [1.82, 2.24) is 14.6 Å². The lowest BCUT2D eigenvalue weighted by Crippen LogP contribution is -2.32. The molecule has 0 saturated heterocycles. The summed E-state index contributed by atoms with van der Waals surface area (Å²) in [4.78, 5) is 4.20. The van der Waals surface area contributed by atoms with Crippen molar-refractivity contribution in [3.05, 3.63) is 24.0 Å². The first kappa shape index (κ1) is 11.5. The molecule has 1 aliphatic carbocycles. The van der Waals surface area contributed by atoms with Crippen molar-refractivity contribution in [3.8, 4) is 5.88 Å². The summed E-state index contributed by atoms with van der Waals surface area (Å²) in [5.74, 6) is 0.781. The molecule has 0 amide bonds. The molecule has 3 rings (SSSR count). The SMILES string of the molecule is Cc1cc(OC2CCC(N)CC2)n2ncnc2c1. The van der Waals surface area contributed by atoms with E-state index in [2.05, 4.69) is 10.1 Å². The van der Waals surface area contributed by atoms with Gasteiger partial charge in [0.2, 0.25) is 5.88 Å². The van der Waals surface area contributed by atoms with Crippen LogP contribution in [0.3, 0.4) is 0 Å². The summed E-state index contributed by atoms with van der Waals surface area (Å²) in [6, 6.07) is 4.35. The zero-order valence-electron chi connectivity index (χ0n) is 10.5. The lowest BCUT2D eigenvalue weighted by atomic mass is 9.94. The van der Waals surface area contributed by atoms with Gasteiger partial charge in [-0.15, -0.1) is 0 Å². The Balaban J connectivity index is 1.83. The number of nitrogens with zero attached hydrogens (tertiary/aromatic N) is 3. The number of fused-ring (bicyclic) bond motifs is 1. The summed E-state index contributed by atoms with van der Waals surface area (Å²) in [7, 11) is 0. The minimum Gasteiger partial charge on any atom is -0.474 e. The van der Waals surface area contributed by atoms with Gasteiger partial charge in [0.25, 0.3) is 0 Å². The van der Waals surface area contributed by atoms with E-state index < -0.39 is 0 Å². The maximum Gasteiger partial charge on any atom is 0.216 e. The van der Waals surface area contributed by atoms with Crippen LogP contribution in [0.2, 0.25) is 0 Å². The van der Waals surface area contributed by atoms with Gasteiger partial charge in [0.15, 0.2) is 5.65 Å². The molecule has 0 aliphatic heterocycles. The van der Waals surface area contributed by atoms with E-state index in [4.69, 9.17) is 10.5 Å². The molecule has 18 heavy (non-hydrogen) atoms. The van der Waals surface area contributed by atoms with Crippen molar-refractivity contribution >= 4 is 5.65 Å². The lowest BCUT2D eigenvalue weighted by Gasteiger charge is -2.26. The molecule has 0 unspecified atom stereocenters. The van der Waals surface area contributed by atoms with E-state index >= 15 is 0 Å². The number of nitrogens with two attached hydrogens (primary N) is 1. The Kier molecular flexibility index (Phi) is 2.91. The van der Waals surface area contributed by atoms with Crippen molar-refractivity contribution in [2.75, 3.05) is 0 Å². The fourth-order valence-electron chi connectivity index (χ4n) is 2.48. The fourth-order valence-corrected chi connectivity index (χ4v) is 2.48. The molecule has 2 aromatic heterocycles. The van der Waals surface area contributed by atoms with Gasteiger partial charge in [-0.25, -0.2) is 4.98 Å². The molecule has 2 N–H and O–H groups in total. The highest BCUT2D eigenvalue weighted by atomic mass is 16.5. The van der Waals surface area contributed by atoms with Crippen LogP contribution in [-0.4, -0.2) is 26.7 Å². The van der Waals surface area contributed by atoms with Crippen LogP contribution in [-0.2, 0) is 0 Å². The number of aryl methyl sites for hydroxylation is 1. The van der Waals surface area contributed by atoms with Crippen LogP contribution in [0.1, 0.15) is 31.2 Å². The topological polar surface area (TPSA) is 65.4 Å². The Morgan fingerprint density at radius 3 is 2.83 bits per heavy atom. The van der Waals surface area contributed by atoms with Gasteiger partial charge in [-0.3, -0.25) is 0 Å². The minimum absolute atomic E-state index is 0.249. The molecule has 2 heterocycles. The molecule has 0 radical (unpaired) electrons. The summed E-state index contributed by atoms with van der Waals surface area (Å²) in [6.07, 6.45) is 5.92. The molecule has 0 bridgehead atoms. The highest BCUT2D eigenvalue weighted by Crippen LogP contribution is 2.24. The molecule has 96 valence electrons. The molecular weight excluding hydrogens is 228 g/mol. The second kappa shape index (κ2) is 4.57. The third-order valence-corrected chi connectivity index (χ3v) is 3.50. The maximum atomic E-state index is 6.06. The molecule has 2 aromatic rings. The van der Waals surface area contributed by atoms with Crippen molar-refractivity contribution in [1.29, 1.82) is 0 Å². The summed E-state index contributed by atoms with van der Waals surface area (Å²) in [5, 5.41) is 4.20. The van der Waals surface area contributed by atoms with Gasteiger partial charge in [-0.1, -0.05) is 0 Å². The van der Waals surface area contributed by atoms with Gasteiger partial charge in [-0.2, -0.15) is 9.61 Å². The fraction of sp³-hybridized carbons (Fsp3) is 0.538. The first-order valence-corrected chi connectivity index (χ1v) is 6.45. The molecular formula is C13H18N4O. The zero-order valence-corrected chi connectivity index (χ0v) is 10.5. The molecule has 0 aromatic carbocycles. The highest BCUT2D eigenvalue weighted by molar-refractivity contribution is 5.43. The number of hydrogen-bond acceptors (Lipinski definition) is 4. The van der Waals surface area contributed by atoms with Gasteiger partial charge in [0, 0.05) is 12.1 Å². The molecule has 1 aliphatic rings. The molecule has 0 atom stereocenters. The summed E-state index contributed by atoms with van der Waals surface area (Å²) in [5.41, 5.74) is 7.87. The first-order valence-electron chi connectivity index (χ1n) is 6.45. The largest absolute Gasteiger partial charge is 0.474 e. The average Bonchev–Trinajstić information content (AvgIpc) is 2.80. The summed E-state index contributed by atoms with van der Waals surface area (Å²) in [6.45, 7) is 2.04. The van der Waals surface area contributed by atoms with E-state index in [9.17, 15) is 0 Å². The minimum atomic E-state index is 0.249. The van der Waals surface area contributed by atoms with E-state index in [-0.39, 0.29) is 6.10 Å². The average molecular weight is 246 g/mol. The van der Waals surface area contributed by atoms with Gasteiger partial charge in [0.1, 0.15) is 12.4 Å². The van der Waals surface area contributed by atoms with Crippen LogP contribution in [0.15, 0.2) is 18.5 Å². The third kappa shape index (κ3) is 2.18. The number of ether oxygens (including phenoxy) is 1. The monoisotopic (exact) mass is 246 g/mol. The summed E-state index contributed by atoms with van der Waals surface area (Å²) >= 11 is 0. The van der Waals surface area contributed by atoms with E-state index in [1.807, 2.05) is 19.1 Å². The zero-order chi connectivity index (χ0) is 12.5. The first-order chi connectivity index (χ1) is 8.72. The Hall–Kier alpha value is -1.62. The van der Waals surface area contributed by atoms with Crippen molar-refractivity contribution < 1.29 is 4.74 Å². The Morgan fingerprint density at radius 2 is 2.06 bits per heavy atom. The van der Waals surface area contributed by atoms with E-state index in [0.29, 0.717) is 6.04 Å². The van der Waals surface area contributed by atoms with Gasteiger partial charge < -0.3 is 10.5 Å². The van der Waals surface area contributed by atoms with Crippen LogP contribution < -0.4 is 10.5 Å². The molecule has 1 fully saturated rings. The van der Waals surface area contributed by atoms with Crippen LogP contribution in [0.5, 0.6) is 5.88 Å². The van der Waals surface area contributed by atoms with Gasteiger partial charge >= 0.3 is 0 Å². The molecule has 0 spiro atoms. The van der Waals surface area contributed by atoms with Gasteiger partial charge in [0.05, 0.1) is 0 Å². The van der Waals surface area contributed by atoms with E-state index in [0.717, 1.165) is 42.8 Å². The summed E-state index contributed by atoms with van der Waals surface area (Å²) < 4.78 is 7.81. The van der Waals surface area contributed by atoms with Crippen molar-refractivity contribution in [2.24, 2.45) is 5.73 Å².